The zero-order chi connectivity index (χ0) is 49.8. The first-order valence-corrected chi connectivity index (χ1v) is 28.3. The highest BCUT2D eigenvalue weighted by Crippen LogP contribution is 2.41. The fourth-order valence-corrected chi connectivity index (χ4v) is 11.3. The summed E-state index contributed by atoms with van der Waals surface area (Å²) in [7, 11) is 0. The molecule has 0 aliphatic rings. The number of allylic oxidation sites excluding steroid dienone is 1. The summed E-state index contributed by atoms with van der Waals surface area (Å²) in [4.78, 5) is 47.4. The molecule has 0 radical (unpaired) electrons. The van der Waals surface area contributed by atoms with E-state index in [1.807, 2.05) is 91.1 Å². The molecule has 7 aromatic carbocycles. The lowest BCUT2D eigenvalue weighted by molar-refractivity contribution is -0.129. The Bertz CT molecular complexity index is 2750. The molecule has 0 atom stereocenters. The number of ether oxygens (including phenoxy) is 3. The maximum atomic E-state index is 12.9. The third kappa shape index (κ3) is 16.1. The predicted molar refractivity (Wildman–Crippen MR) is 298 cm³/mol. The molecule has 6 nitrogen and oxygen atoms in total. The predicted octanol–water partition coefficient (Wildman–Crippen LogP) is 16.9. The molecule has 360 valence electrons. The van der Waals surface area contributed by atoms with Gasteiger partial charge in [0.05, 0.1) is 0 Å². The van der Waals surface area contributed by atoms with Gasteiger partial charge in [-0.05, 0) is 186 Å². The molecular formula is C59H52O6S6. The van der Waals surface area contributed by atoms with E-state index in [1.165, 1.54) is 61.3 Å². The van der Waals surface area contributed by atoms with E-state index in [-0.39, 0.29) is 0 Å². The van der Waals surface area contributed by atoms with Gasteiger partial charge in [0.25, 0.3) is 0 Å². The molecule has 0 saturated heterocycles. The van der Waals surface area contributed by atoms with Crippen molar-refractivity contribution in [2.45, 2.75) is 78.7 Å². The molecular weight excluding hydrogens is 997 g/mol. The van der Waals surface area contributed by atoms with Crippen LogP contribution in [0.5, 0.6) is 17.2 Å². The van der Waals surface area contributed by atoms with E-state index in [1.54, 1.807) is 76.8 Å². The van der Waals surface area contributed by atoms with Crippen LogP contribution >= 0.6 is 70.6 Å². The second-order valence-corrected chi connectivity index (χ2v) is 22.5. The standard InChI is InChI=1S/C59H52O6S6/c1-5-8-9-56(60)63-45-16-10-42(11-17-45)59(4,43-12-18-46(19-13-43)64-57(61)38-40-68-50-26-34-54(35-27-50)70-52-30-22-48(23-31-52)66-6-2)44-14-20-47(21-15-44)65-58(62)39-41-69-51-28-36-55(37-29-51)71-53-32-24-49(25-33-53)67-7-3/h8-41H,5-7H2,1-4H3/b9-8+,40-38?,41-39?. The molecule has 0 unspecified atom stereocenters. The molecule has 0 aliphatic carbocycles. The molecule has 7 rings (SSSR count). The normalized spacial score (nSPS) is 12.3. The summed E-state index contributed by atoms with van der Waals surface area (Å²) in [5, 5.41) is 3.45. The Morgan fingerprint density at radius 3 is 0.972 bits per heavy atom. The van der Waals surface area contributed by atoms with E-state index in [4.69, 9.17) is 14.2 Å². The van der Waals surface area contributed by atoms with E-state index in [2.05, 4.69) is 93.6 Å². The van der Waals surface area contributed by atoms with Crippen LogP contribution in [0.15, 0.2) is 244 Å². The number of carbonyl (C=O) groups excluding carboxylic acids is 3. The van der Waals surface area contributed by atoms with Crippen molar-refractivity contribution in [1.82, 2.24) is 0 Å². The van der Waals surface area contributed by atoms with Crippen molar-refractivity contribution in [2.75, 3.05) is 11.5 Å². The van der Waals surface area contributed by atoms with Gasteiger partial charge in [-0.2, -0.15) is 0 Å². The molecule has 0 spiro atoms. The summed E-state index contributed by atoms with van der Waals surface area (Å²) in [6.07, 6.45) is 6.73. The quantitative estimate of drug-likeness (QED) is 0.0213. The van der Waals surface area contributed by atoms with E-state index in [0.29, 0.717) is 17.2 Å². The second-order valence-electron chi connectivity index (χ2n) is 15.6. The topological polar surface area (TPSA) is 78.9 Å². The van der Waals surface area contributed by atoms with Crippen LogP contribution in [0.3, 0.4) is 0 Å². The number of esters is 3. The Labute approximate surface area is 442 Å². The van der Waals surface area contributed by atoms with Crippen molar-refractivity contribution in [3.8, 4) is 17.2 Å². The van der Waals surface area contributed by atoms with Gasteiger partial charge >= 0.3 is 17.9 Å². The van der Waals surface area contributed by atoms with E-state index in [9.17, 15) is 14.4 Å². The summed E-state index contributed by atoms with van der Waals surface area (Å²) < 4.78 is 16.9. The Morgan fingerprint density at radius 1 is 0.394 bits per heavy atom. The van der Waals surface area contributed by atoms with Gasteiger partial charge in [0.2, 0.25) is 0 Å². The molecule has 7 aromatic rings. The Balaban J connectivity index is 0.973. The number of hydrogen-bond donors (Lipinski definition) is 0. The number of thioether (sulfide) groups is 4. The Kier molecular flexibility index (Phi) is 20.3. The second kappa shape index (κ2) is 27.2. The van der Waals surface area contributed by atoms with Crippen LogP contribution in [0.2, 0.25) is 0 Å². The first kappa shape index (κ1) is 53.1. The van der Waals surface area contributed by atoms with Gasteiger partial charge < -0.3 is 14.2 Å². The zero-order valence-electron chi connectivity index (χ0n) is 39.7. The molecule has 0 aromatic heterocycles. The van der Waals surface area contributed by atoms with E-state index < -0.39 is 23.3 Å². The van der Waals surface area contributed by atoms with Gasteiger partial charge in [-0.1, -0.05) is 110 Å². The van der Waals surface area contributed by atoms with Crippen molar-refractivity contribution in [2.24, 2.45) is 0 Å². The average molecular weight is 1050 g/mol. The van der Waals surface area contributed by atoms with Gasteiger partial charge in [-0.3, -0.25) is 0 Å². The number of benzene rings is 7. The molecule has 0 amide bonds. The van der Waals surface area contributed by atoms with Crippen LogP contribution in [0.4, 0.5) is 0 Å². The Morgan fingerprint density at radius 2 is 0.676 bits per heavy atom. The van der Waals surface area contributed by atoms with Crippen molar-refractivity contribution in [1.29, 1.82) is 0 Å². The largest absolute Gasteiger partial charge is 0.423 e. The molecule has 0 N–H and O–H groups in total. The highest BCUT2D eigenvalue weighted by molar-refractivity contribution is 8.02. The molecule has 0 bridgehead atoms. The van der Waals surface area contributed by atoms with Crippen molar-refractivity contribution in [3.05, 3.63) is 222 Å². The third-order valence-electron chi connectivity index (χ3n) is 10.6. The number of carbonyl (C=O) groups is 3. The first-order chi connectivity index (χ1) is 34.6. The minimum atomic E-state index is -0.734. The lowest BCUT2D eigenvalue weighted by Crippen LogP contribution is -2.25. The average Bonchev–Trinajstić information content (AvgIpc) is 3.38. The summed E-state index contributed by atoms with van der Waals surface area (Å²) in [5.41, 5.74) is 1.99. The SMILES string of the molecule is CC/C=C/C(=O)Oc1ccc(C(C)(c2ccc(OC(=O)C=CSc3ccc(Sc4ccc(SCC)cc4)cc3)cc2)c2ccc(OC(=O)C=CSc3ccc(Sc4ccc(SCC)cc4)cc3)cc2)cc1. The van der Waals surface area contributed by atoms with E-state index in [0.717, 1.165) is 54.2 Å². The molecule has 71 heavy (non-hydrogen) atoms. The van der Waals surface area contributed by atoms with Gasteiger partial charge in [0.15, 0.2) is 0 Å². The molecule has 0 saturated carbocycles. The number of hydrogen-bond acceptors (Lipinski definition) is 12. The van der Waals surface area contributed by atoms with Crippen LogP contribution in [0.1, 0.15) is 50.8 Å². The maximum Gasteiger partial charge on any atom is 0.336 e. The Hall–Kier alpha value is -5.73. The van der Waals surface area contributed by atoms with Gasteiger partial charge in [-0.25, -0.2) is 14.4 Å². The van der Waals surface area contributed by atoms with Gasteiger partial charge in [-0.15, -0.1) is 23.5 Å². The van der Waals surface area contributed by atoms with Gasteiger partial charge in [0, 0.05) is 62.8 Å². The zero-order valence-corrected chi connectivity index (χ0v) is 44.5. The maximum absolute atomic E-state index is 12.9. The lowest BCUT2D eigenvalue weighted by atomic mass is 9.71. The van der Waals surface area contributed by atoms with Crippen LogP contribution in [-0.2, 0) is 19.8 Å². The van der Waals surface area contributed by atoms with Crippen molar-refractivity contribution >= 4 is 88.5 Å². The summed E-state index contributed by atoms with van der Waals surface area (Å²) in [6, 6.07) is 55.9. The summed E-state index contributed by atoms with van der Waals surface area (Å²) >= 11 is 9.97. The minimum absolute atomic E-state index is 0.397. The summed E-state index contributed by atoms with van der Waals surface area (Å²) in [5.74, 6) is 1.89. The minimum Gasteiger partial charge on any atom is -0.423 e. The molecule has 12 heteroatoms. The van der Waals surface area contributed by atoms with Crippen molar-refractivity contribution in [3.63, 3.8) is 0 Å². The molecule has 0 heterocycles. The monoisotopic (exact) mass is 1050 g/mol. The van der Waals surface area contributed by atoms with Crippen LogP contribution in [0, 0.1) is 0 Å². The fraction of sp³-hybridized carbons (Fsp3) is 0.136. The number of rotatable bonds is 22. The van der Waals surface area contributed by atoms with Crippen LogP contribution < -0.4 is 14.2 Å². The summed E-state index contributed by atoms with van der Waals surface area (Å²) in [6.45, 7) is 8.34. The van der Waals surface area contributed by atoms with E-state index >= 15 is 0 Å². The smallest absolute Gasteiger partial charge is 0.336 e. The van der Waals surface area contributed by atoms with Crippen LogP contribution in [0.25, 0.3) is 0 Å². The molecule has 0 fully saturated rings. The fourth-order valence-electron chi connectivity index (χ4n) is 7.06. The molecule has 0 aliphatic heterocycles. The first-order valence-electron chi connectivity index (χ1n) is 22.9. The third-order valence-corrected chi connectivity index (χ3v) is 16.1. The van der Waals surface area contributed by atoms with Gasteiger partial charge in [0.1, 0.15) is 17.2 Å². The highest BCUT2D eigenvalue weighted by atomic mass is 32.2. The van der Waals surface area contributed by atoms with Crippen LogP contribution in [-0.4, -0.2) is 29.4 Å². The highest BCUT2D eigenvalue weighted by Gasteiger charge is 2.32. The van der Waals surface area contributed by atoms with Crippen molar-refractivity contribution < 1.29 is 28.6 Å². The lowest BCUT2D eigenvalue weighted by Gasteiger charge is -2.32.